The predicted molar refractivity (Wildman–Crippen MR) is 64.6 cm³/mol. The number of fused-ring (bicyclic) bond motifs is 1. The number of nitrogens with one attached hydrogen (secondary N) is 1. The molecular formula is C11H12ClN3O2. The minimum atomic E-state index is 0.226. The first-order valence-corrected chi connectivity index (χ1v) is 5.92. The van der Waals surface area contributed by atoms with E-state index in [1.165, 1.54) is 0 Å². The van der Waals surface area contributed by atoms with Gasteiger partial charge < -0.3 is 14.9 Å². The number of pyridine rings is 1. The van der Waals surface area contributed by atoms with Crippen LogP contribution in [-0.4, -0.2) is 36.6 Å². The maximum absolute atomic E-state index is 5.84. The zero-order valence-electron chi connectivity index (χ0n) is 9.15. The molecule has 0 bridgehead atoms. The lowest BCUT2D eigenvalue weighted by Crippen LogP contribution is -2.20. The Balaban J connectivity index is 1.77. The van der Waals surface area contributed by atoms with Gasteiger partial charge in [0.1, 0.15) is 23.7 Å². The number of aromatic nitrogens is 1. The van der Waals surface area contributed by atoms with Gasteiger partial charge in [-0.15, -0.1) is 0 Å². The van der Waals surface area contributed by atoms with Gasteiger partial charge in [0, 0.05) is 18.5 Å². The summed E-state index contributed by atoms with van der Waals surface area (Å²) in [6.45, 7) is 2.09. The minimum absolute atomic E-state index is 0.226. The van der Waals surface area contributed by atoms with Gasteiger partial charge in [-0.2, -0.15) is 0 Å². The summed E-state index contributed by atoms with van der Waals surface area (Å²) in [5, 5.41) is 7.81. The van der Waals surface area contributed by atoms with Crippen molar-refractivity contribution in [2.75, 3.05) is 25.1 Å². The third-order valence-electron chi connectivity index (χ3n) is 2.66. The van der Waals surface area contributed by atoms with Gasteiger partial charge in [0.15, 0.2) is 0 Å². The summed E-state index contributed by atoms with van der Waals surface area (Å²) in [6, 6.07) is 3.67. The Bertz CT molecular complexity index is 460. The molecule has 0 unspecified atom stereocenters. The first-order chi connectivity index (χ1) is 8.33. The van der Waals surface area contributed by atoms with E-state index < -0.39 is 0 Å². The Morgan fingerprint density at radius 1 is 1.59 bits per heavy atom. The number of hydrogen-bond acceptors (Lipinski definition) is 5. The van der Waals surface area contributed by atoms with Crippen molar-refractivity contribution in [3.05, 3.63) is 22.8 Å². The Morgan fingerprint density at radius 2 is 2.47 bits per heavy atom. The third-order valence-corrected chi connectivity index (χ3v) is 2.87. The van der Waals surface area contributed by atoms with Crippen LogP contribution in [0.1, 0.15) is 12.0 Å². The summed E-state index contributed by atoms with van der Waals surface area (Å²) in [7, 11) is 0. The molecule has 0 saturated carbocycles. The lowest BCUT2D eigenvalue weighted by atomic mass is 10.1. The molecule has 1 saturated heterocycles. The average molecular weight is 254 g/mol. The smallest absolute Gasteiger partial charge is 0.145 e. The number of hydrogen-bond donors (Lipinski definition) is 1. The second-order valence-electron chi connectivity index (χ2n) is 4.00. The zero-order chi connectivity index (χ0) is 11.7. The highest BCUT2D eigenvalue weighted by molar-refractivity contribution is 6.29. The second kappa shape index (κ2) is 4.50. The van der Waals surface area contributed by atoms with Crippen LogP contribution < -0.4 is 5.32 Å². The molecule has 1 atom stereocenters. The van der Waals surface area contributed by atoms with Gasteiger partial charge in [-0.05, 0) is 12.1 Å². The number of halogens is 1. The first kappa shape index (κ1) is 10.8. The van der Waals surface area contributed by atoms with Crippen LogP contribution in [0.3, 0.4) is 0 Å². The molecule has 6 heteroatoms. The fraction of sp³-hybridized carbons (Fsp3) is 0.455. The molecule has 0 aliphatic carbocycles. The van der Waals surface area contributed by atoms with E-state index in [0.29, 0.717) is 11.8 Å². The molecule has 17 heavy (non-hydrogen) atoms. The molecule has 5 nitrogen and oxygen atoms in total. The van der Waals surface area contributed by atoms with E-state index in [4.69, 9.17) is 21.2 Å². The molecule has 0 amide bonds. The first-order valence-electron chi connectivity index (χ1n) is 5.54. The molecule has 3 rings (SSSR count). The van der Waals surface area contributed by atoms with E-state index in [2.05, 4.69) is 15.5 Å². The number of ether oxygens (including phenoxy) is 1. The maximum Gasteiger partial charge on any atom is 0.145 e. The van der Waals surface area contributed by atoms with E-state index in [1.54, 1.807) is 6.07 Å². The molecule has 0 radical (unpaired) electrons. The molecule has 3 heterocycles. The number of epoxide rings is 1. The van der Waals surface area contributed by atoms with Gasteiger partial charge in [-0.1, -0.05) is 16.8 Å². The van der Waals surface area contributed by atoms with Crippen molar-refractivity contribution < 1.29 is 9.57 Å². The van der Waals surface area contributed by atoms with Crippen LogP contribution in [0.15, 0.2) is 17.3 Å². The number of oxime groups is 1. The lowest BCUT2D eigenvalue weighted by Gasteiger charge is -2.18. The fourth-order valence-electron chi connectivity index (χ4n) is 1.69. The number of nitrogens with zero attached hydrogens (tertiary/aromatic N) is 2. The van der Waals surface area contributed by atoms with Crippen molar-refractivity contribution in [1.29, 1.82) is 0 Å². The van der Waals surface area contributed by atoms with E-state index >= 15 is 0 Å². The van der Waals surface area contributed by atoms with Crippen LogP contribution in [0.2, 0.25) is 5.15 Å². The predicted octanol–water partition coefficient (Wildman–Crippen LogP) is 1.67. The molecule has 0 aromatic carbocycles. The van der Waals surface area contributed by atoms with Crippen LogP contribution >= 0.6 is 11.6 Å². The summed E-state index contributed by atoms with van der Waals surface area (Å²) < 4.78 is 5.05. The van der Waals surface area contributed by atoms with Gasteiger partial charge in [0.25, 0.3) is 0 Å². The lowest BCUT2D eigenvalue weighted by molar-refractivity contribution is 0.124. The van der Waals surface area contributed by atoms with Crippen LogP contribution in [-0.2, 0) is 9.57 Å². The topological polar surface area (TPSA) is 59.0 Å². The Labute approximate surface area is 104 Å². The monoisotopic (exact) mass is 253 g/mol. The van der Waals surface area contributed by atoms with Crippen molar-refractivity contribution in [2.45, 2.75) is 12.5 Å². The second-order valence-corrected chi connectivity index (χ2v) is 4.38. The summed E-state index contributed by atoms with van der Waals surface area (Å²) in [5.74, 6) is 0.772. The van der Waals surface area contributed by atoms with Crippen molar-refractivity contribution >= 4 is 23.1 Å². The zero-order valence-corrected chi connectivity index (χ0v) is 9.91. The summed E-state index contributed by atoms with van der Waals surface area (Å²) >= 11 is 5.84. The summed E-state index contributed by atoms with van der Waals surface area (Å²) in [6.07, 6.45) is 1.05. The summed E-state index contributed by atoms with van der Waals surface area (Å²) in [5.41, 5.74) is 1.86. The van der Waals surface area contributed by atoms with Gasteiger partial charge in [-0.25, -0.2) is 4.98 Å². The van der Waals surface area contributed by atoms with Gasteiger partial charge >= 0.3 is 0 Å². The maximum atomic E-state index is 5.84. The normalized spacial score (nSPS) is 24.1. The number of anilines is 1. The summed E-state index contributed by atoms with van der Waals surface area (Å²) in [4.78, 5) is 9.47. The molecule has 2 aliphatic rings. The van der Waals surface area contributed by atoms with E-state index in [-0.39, 0.29) is 6.10 Å². The van der Waals surface area contributed by atoms with Crippen molar-refractivity contribution in [3.63, 3.8) is 0 Å². The number of rotatable bonds is 3. The average Bonchev–Trinajstić information content (AvgIpc) is 3.13. The standard InChI is InChI=1S/C11H12ClN3O2/c12-10-2-1-8-9(3-4-13-11(8)14-10)15-17-6-7-5-16-7/h1-2,7H,3-6H2,(H,13,14)/b15-9+/t7-/m1/s1. The quantitative estimate of drug-likeness (QED) is 0.506. The van der Waals surface area contributed by atoms with Gasteiger partial charge in [0.05, 0.1) is 12.3 Å². The van der Waals surface area contributed by atoms with Crippen LogP contribution in [0.4, 0.5) is 5.82 Å². The van der Waals surface area contributed by atoms with Crippen molar-refractivity contribution in [3.8, 4) is 0 Å². The highest BCUT2D eigenvalue weighted by atomic mass is 35.5. The largest absolute Gasteiger partial charge is 0.393 e. The highest BCUT2D eigenvalue weighted by Gasteiger charge is 2.23. The van der Waals surface area contributed by atoms with E-state index in [0.717, 1.165) is 36.7 Å². The molecule has 90 valence electrons. The Morgan fingerprint density at radius 3 is 3.29 bits per heavy atom. The molecule has 1 aromatic heterocycles. The highest BCUT2D eigenvalue weighted by Crippen LogP contribution is 2.22. The fourth-order valence-corrected chi connectivity index (χ4v) is 1.84. The molecule has 1 N–H and O–H groups in total. The van der Waals surface area contributed by atoms with Gasteiger partial charge in [0.2, 0.25) is 0 Å². The SMILES string of the molecule is Clc1ccc2c(n1)NCC/C2=N\OC[C@H]1CO1. The molecule has 2 aliphatic heterocycles. The van der Waals surface area contributed by atoms with Crippen molar-refractivity contribution in [2.24, 2.45) is 5.16 Å². The van der Waals surface area contributed by atoms with E-state index in [1.807, 2.05) is 6.07 Å². The molecule has 1 fully saturated rings. The molecule has 1 aromatic rings. The third kappa shape index (κ3) is 2.50. The Kier molecular flexibility index (Phi) is 2.86. The minimum Gasteiger partial charge on any atom is -0.393 e. The van der Waals surface area contributed by atoms with Crippen molar-refractivity contribution in [1.82, 2.24) is 4.98 Å². The van der Waals surface area contributed by atoms with Crippen LogP contribution in [0.5, 0.6) is 0 Å². The van der Waals surface area contributed by atoms with E-state index in [9.17, 15) is 0 Å². The van der Waals surface area contributed by atoms with Crippen LogP contribution in [0.25, 0.3) is 0 Å². The van der Waals surface area contributed by atoms with Crippen LogP contribution in [0, 0.1) is 0 Å². The molecular weight excluding hydrogens is 242 g/mol. The Hall–Kier alpha value is -1.33. The molecule has 0 spiro atoms. The van der Waals surface area contributed by atoms with Gasteiger partial charge in [-0.3, -0.25) is 0 Å².